The summed E-state index contributed by atoms with van der Waals surface area (Å²) in [5, 5.41) is 7.76. The maximum absolute atomic E-state index is 12.8. The minimum Gasteiger partial charge on any atom is -0.349 e. The lowest BCUT2D eigenvalue weighted by molar-refractivity contribution is -0.130. The van der Waals surface area contributed by atoms with Gasteiger partial charge in [0.15, 0.2) is 0 Å². The Morgan fingerprint density at radius 3 is 2.38 bits per heavy atom. The zero-order valence-corrected chi connectivity index (χ0v) is 15.3. The fourth-order valence-corrected chi connectivity index (χ4v) is 6.34. The lowest BCUT2D eigenvalue weighted by atomic mass is 9.49. The van der Waals surface area contributed by atoms with E-state index in [0.29, 0.717) is 5.41 Å². The molecule has 24 heavy (non-hydrogen) atoms. The van der Waals surface area contributed by atoms with Gasteiger partial charge in [-0.3, -0.25) is 9.48 Å². The molecule has 1 aromatic rings. The molecule has 1 atom stereocenters. The van der Waals surface area contributed by atoms with Crippen molar-refractivity contribution in [2.75, 3.05) is 0 Å². The molecular formula is C20H31N3O. The highest BCUT2D eigenvalue weighted by Crippen LogP contribution is 2.61. The monoisotopic (exact) mass is 329 g/mol. The Morgan fingerprint density at radius 1 is 1.29 bits per heavy atom. The summed E-state index contributed by atoms with van der Waals surface area (Å²) in [6.45, 7) is 7.08. The quantitative estimate of drug-likeness (QED) is 0.887. The van der Waals surface area contributed by atoms with E-state index in [1.54, 1.807) is 0 Å². The topological polar surface area (TPSA) is 46.9 Å². The van der Waals surface area contributed by atoms with Gasteiger partial charge in [0.05, 0.1) is 11.7 Å². The van der Waals surface area contributed by atoms with E-state index in [4.69, 9.17) is 0 Å². The normalized spacial score (nSPS) is 35.2. The van der Waals surface area contributed by atoms with Crippen molar-refractivity contribution in [1.82, 2.24) is 15.1 Å². The number of nitrogens with one attached hydrogen (secondary N) is 1. The summed E-state index contributed by atoms with van der Waals surface area (Å²) in [4.78, 5) is 12.8. The summed E-state index contributed by atoms with van der Waals surface area (Å²) in [5.74, 6) is 2.97. The Bertz CT molecular complexity index is 598. The fraction of sp³-hybridized carbons (Fsp3) is 0.800. The minimum atomic E-state index is 0.0479. The highest BCUT2D eigenvalue weighted by Gasteiger charge is 2.51. The number of aromatic nitrogens is 2. The second-order valence-electron chi connectivity index (χ2n) is 8.91. The Kier molecular flexibility index (Phi) is 3.97. The van der Waals surface area contributed by atoms with Gasteiger partial charge in [-0.05, 0) is 82.5 Å². The molecule has 5 rings (SSSR count). The maximum atomic E-state index is 12.8. The summed E-state index contributed by atoms with van der Waals surface area (Å²) in [5.41, 5.74) is 2.50. The van der Waals surface area contributed by atoms with Crippen LogP contribution in [0.15, 0.2) is 6.20 Å². The standard InChI is InChI=1S/C20H31N3O/c1-4-23-12-18(14(3)22-23)13(2)21-19(24)11-20-8-15-5-16(9-20)7-17(6-15)10-20/h12-13,15-17H,4-11H2,1-3H3,(H,21,24). The molecule has 1 heterocycles. The molecule has 4 aliphatic rings. The van der Waals surface area contributed by atoms with Gasteiger partial charge in [0.2, 0.25) is 5.91 Å². The van der Waals surface area contributed by atoms with E-state index < -0.39 is 0 Å². The zero-order valence-electron chi connectivity index (χ0n) is 15.3. The molecular weight excluding hydrogens is 298 g/mol. The average Bonchev–Trinajstić information content (AvgIpc) is 2.86. The molecule has 0 aliphatic heterocycles. The van der Waals surface area contributed by atoms with Crippen molar-refractivity contribution in [3.63, 3.8) is 0 Å². The third-order valence-corrected chi connectivity index (χ3v) is 6.85. The minimum absolute atomic E-state index is 0.0479. The van der Waals surface area contributed by atoms with Gasteiger partial charge in [-0.2, -0.15) is 5.10 Å². The third-order valence-electron chi connectivity index (χ3n) is 6.85. The second kappa shape index (κ2) is 5.89. The molecule has 4 fully saturated rings. The number of hydrogen-bond donors (Lipinski definition) is 1. The second-order valence-corrected chi connectivity index (χ2v) is 8.91. The van der Waals surface area contributed by atoms with Crippen molar-refractivity contribution < 1.29 is 4.79 Å². The van der Waals surface area contributed by atoms with Crippen LogP contribution in [0.5, 0.6) is 0 Å². The van der Waals surface area contributed by atoms with Crippen molar-refractivity contribution in [2.45, 2.75) is 78.3 Å². The van der Waals surface area contributed by atoms with Gasteiger partial charge in [0.25, 0.3) is 0 Å². The lowest BCUT2D eigenvalue weighted by Gasteiger charge is -2.56. The number of nitrogens with zero attached hydrogens (tertiary/aromatic N) is 2. The molecule has 1 aromatic heterocycles. The molecule has 4 saturated carbocycles. The molecule has 1 unspecified atom stereocenters. The number of carbonyl (C=O) groups excluding carboxylic acids is 1. The van der Waals surface area contributed by atoms with Crippen molar-refractivity contribution in [1.29, 1.82) is 0 Å². The summed E-state index contributed by atoms with van der Waals surface area (Å²) >= 11 is 0. The smallest absolute Gasteiger partial charge is 0.221 e. The molecule has 1 amide bonds. The molecule has 4 heteroatoms. The van der Waals surface area contributed by atoms with Crippen LogP contribution in [0.3, 0.4) is 0 Å². The summed E-state index contributed by atoms with van der Waals surface area (Å²) in [6.07, 6.45) is 11.0. The Hall–Kier alpha value is -1.32. The predicted molar refractivity (Wildman–Crippen MR) is 94.4 cm³/mol. The van der Waals surface area contributed by atoms with Crippen LogP contribution in [0, 0.1) is 30.1 Å². The molecule has 4 aliphatic carbocycles. The van der Waals surface area contributed by atoms with Gasteiger partial charge in [-0.25, -0.2) is 0 Å². The van der Waals surface area contributed by atoms with Crippen molar-refractivity contribution >= 4 is 5.91 Å². The molecule has 0 aromatic carbocycles. The maximum Gasteiger partial charge on any atom is 0.221 e. The molecule has 4 nitrogen and oxygen atoms in total. The number of hydrogen-bond acceptors (Lipinski definition) is 2. The molecule has 0 radical (unpaired) electrons. The van der Waals surface area contributed by atoms with Crippen LogP contribution in [-0.4, -0.2) is 15.7 Å². The SMILES string of the molecule is CCn1cc(C(C)NC(=O)CC23CC4CC(CC(C4)C2)C3)c(C)n1. The fourth-order valence-electron chi connectivity index (χ4n) is 6.34. The summed E-state index contributed by atoms with van der Waals surface area (Å²) in [6, 6.07) is 0.0479. The first-order valence-corrected chi connectivity index (χ1v) is 9.79. The van der Waals surface area contributed by atoms with Gasteiger partial charge in [0.1, 0.15) is 0 Å². The van der Waals surface area contributed by atoms with Gasteiger partial charge >= 0.3 is 0 Å². The summed E-state index contributed by atoms with van der Waals surface area (Å²) in [7, 11) is 0. The number of amides is 1. The zero-order chi connectivity index (χ0) is 16.9. The number of aryl methyl sites for hydroxylation is 2. The molecule has 4 bridgehead atoms. The van der Waals surface area contributed by atoms with Gasteiger partial charge < -0.3 is 5.32 Å². The average molecular weight is 329 g/mol. The van der Waals surface area contributed by atoms with Gasteiger partial charge in [0, 0.05) is 24.7 Å². The molecule has 132 valence electrons. The van der Waals surface area contributed by atoms with E-state index in [0.717, 1.165) is 42.0 Å². The predicted octanol–water partition coefficient (Wildman–Crippen LogP) is 4.00. The van der Waals surface area contributed by atoms with Crippen LogP contribution in [0.1, 0.15) is 76.1 Å². The van der Waals surface area contributed by atoms with E-state index in [-0.39, 0.29) is 11.9 Å². The van der Waals surface area contributed by atoms with E-state index in [9.17, 15) is 4.79 Å². The van der Waals surface area contributed by atoms with E-state index in [1.165, 1.54) is 38.5 Å². The van der Waals surface area contributed by atoms with E-state index in [2.05, 4.69) is 30.5 Å². The number of rotatable bonds is 5. The van der Waals surface area contributed by atoms with Crippen LogP contribution >= 0.6 is 0 Å². The third kappa shape index (κ3) is 2.89. The van der Waals surface area contributed by atoms with Gasteiger partial charge in [-0.1, -0.05) is 0 Å². The van der Waals surface area contributed by atoms with Crippen molar-refractivity contribution in [3.05, 3.63) is 17.5 Å². The Labute approximate surface area is 145 Å². The van der Waals surface area contributed by atoms with Crippen LogP contribution < -0.4 is 5.32 Å². The van der Waals surface area contributed by atoms with E-state index >= 15 is 0 Å². The van der Waals surface area contributed by atoms with Crippen LogP contribution in [-0.2, 0) is 11.3 Å². The first-order valence-electron chi connectivity index (χ1n) is 9.79. The van der Waals surface area contributed by atoms with Crippen LogP contribution in [0.4, 0.5) is 0 Å². The van der Waals surface area contributed by atoms with Crippen LogP contribution in [0.2, 0.25) is 0 Å². The van der Waals surface area contributed by atoms with E-state index in [1.807, 2.05) is 11.6 Å². The first kappa shape index (κ1) is 16.2. The largest absolute Gasteiger partial charge is 0.349 e. The van der Waals surface area contributed by atoms with Gasteiger partial charge in [-0.15, -0.1) is 0 Å². The Balaban J connectivity index is 1.40. The van der Waals surface area contributed by atoms with Crippen molar-refractivity contribution in [2.24, 2.45) is 23.2 Å². The van der Waals surface area contributed by atoms with Crippen molar-refractivity contribution in [3.8, 4) is 0 Å². The molecule has 0 spiro atoms. The Morgan fingerprint density at radius 2 is 1.88 bits per heavy atom. The molecule has 0 saturated heterocycles. The number of carbonyl (C=O) groups is 1. The highest BCUT2D eigenvalue weighted by molar-refractivity contribution is 5.77. The summed E-state index contributed by atoms with van der Waals surface area (Å²) < 4.78 is 1.95. The lowest BCUT2D eigenvalue weighted by Crippen LogP contribution is -2.48. The first-order chi connectivity index (χ1) is 11.5. The highest BCUT2D eigenvalue weighted by atomic mass is 16.1. The van der Waals surface area contributed by atoms with Crippen LogP contribution in [0.25, 0.3) is 0 Å². The molecule has 1 N–H and O–H groups in total.